The van der Waals surface area contributed by atoms with Crippen LogP contribution in [0.1, 0.15) is 180 Å². The number of nitrogens with two attached hydrogens (primary N) is 2. The summed E-state index contributed by atoms with van der Waals surface area (Å²) in [6.07, 6.45) is -6.56. The van der Waals surface area contributed by atoms with E-state index in [1.54, 1.807) is 34.6 Å². The van der Waals surface area contributed by atoms with Gasteiger partial charge in [0, 0.05) is 32.5 Å². The van der Waals surface area contributed by atoms with Crippen LogP contribution in [0.2, 0.25) is 0 Å². The van der Waals surface area contributed by atoms with Crippen molar-refractivity contribution in [2.24, 2.45) is 41.1 Å². The summed E-state index contributed by atoms with van der Waals surface area (Å²) in [6.45, 7) is 21.2. The van der Waals surface area contributed by atoms with E-state index in [4.69, 9.17) is 11.5 Å². The van der Waals surface area contributed by atoms with E-state index >= 15 is 0 Å². The number of rotatable bonds is 22. The van der Waals surface area contributed by atoms with Crippen LogP contribution < -0.4 is 64.6 Å². The van der Waals surface area contributed by atoms with Gasteiger partial charge in [-0.05, 0) is 82.5 Å². The number of hydrogen-bond donors (Lipinski definition) is 17. The van der Waals surface area contributed by atoms with Crippen LogP contribution in [0.25, 0.3) is 0 Å². The average molecular weight is 1400 g/mol. The summed E-state index contributed by atoms with van der Waals surface area (Å²) in [6, 6.07) is -20.0. The quantitative estimate of drug-likeness (QED) is 0.0461. The Morgan fingerprint density at radius 1 is 0.520 bits per heavy atom. The number of carbonyl (C=O) groups excluding carboxylic acids is 14. The Bertz CT molecular complexity index is 2750. The van der Waals surface area contributed by atoms with Gasteiger partial charge in [-0.25, -0.2) is 0 Å². The molecule has 98 heavy (non-hydrogen) atoms. The van der Waals surface area contributed by atoms with E-state index in [0.717, 1.165) is 43.0 Å². The van der Waals surface area contributed by atoms with Crippen LogP contribution in [-0.2, 0) is 67.1 Å². The second-order valence-corrected chi connectivity index (χ2v) is 27.6. The van der Waals surface area contributed by atoms with Gasteiger partial charge in [-0.15, -0.1) is 0 Å². The molecule has 2 aliphatic rings. The van der Waals surface area contributed by atoms with Gasteiger partial charge in [-0.3, -0.25) is 67.1 Å². The molecular formula is C65H114N14O19. The molecule has 0 aromatic rings. The first-order chi connectivity index (χ1) is 45.6. The number of unbranched alkanes of at least 4 members (excludes halogenated alkanes) is 4. The predicted molar refractivity (Wildman–Crippen MR) is 357 cm³/mol. The van der Waals surface area contributed by atoms with Gasteiger partial charge in [-0.2, -0.15) is 0 Å². The summed E-state index contributed by atoms with van der Waals surface area (Å²) >= 11 is 0. The minimum atomic E-state index is -2.56. The highest BCUT2D eigenvalue weighted by Gasteiger charge is 2.46. The zero-order chi connectivity index (χ0) is 74.9. The first kappa shape index (κ1) is 86.5. The van der Waals surface area contributed by atoms with E-state index in [2.05, 4.69) is 53.2 Å². The summed E-state index contributed by atoms with van der Waals surface area (Å²) in [4.78, 5) is 199. The summed E-state index contributed by atoms with van der Waals surface area (Å²) in [7, 11) is 1.11. The fourth-order valence-corrected chi connectivity index (χ4v) is 11.4. The summed E-state index contributed by atoms with van der Waals surface area (Å²) in [5, 5.41) is 81.1. The SMILES string of the molecule is CCCCCCC[C@@H]1CC(=O)N[C@@H](C(C)C)C(=O)N[C@@H](C(O)C(C)C)C(=O)N[C@@H](C)C(=O)N[C@@H](C(O)C(C)C)C(=O)N[C@@H](CCC(N)=O)C(=O)N(C)[C@@H]([C@@H](C)CC)C(=O)N[C@@H](C(O)C(N)=O)C(=O)N[C@@H]([C@@H](C)O)C(=O)N2CCC[C@H]2C(=O)N[C@@H](CC(C)C)C(=O)N[C@@H]([C@@H](C)O)C(=O)N1. The zero-order valence-corrected chi connectivity index (χ0v) is 59.6. The highest BCUT2D eigenvalue weighted by atomic mass is 16.3. The molecule has 0 spiro atoms. The van der Waals surface area contributed by atoms with Crippen molar-refractivity contribution in [1.29, 1.82) is 0 Å². The molecule has 0 aromatic carbocycles. The summed E-state index contributed by atoms with van der Waals surface area (Å²) in [5.41, 5.74) is 11.0. The predicted octanol–water partition coefficient (Wildman–Crippen LogP) is -3.91. The normalized spacial score (nSPS) is 27.9. The lowest BCUT2D eigenvalue weighted by Crippen LogP contribution is -2.65. The molecule has 18 atom stereocenters. The molecule has 0 bridgehead atoms. The Balaban J connectivity index is 2.98. The fourth-order valence-electron chi connectivity index (χ4n) is 11.4. The third-order valence-electron chi connectivity index (χ3n) is 17.6. The maximum absolute atomic E-state index is 14.8. The molecule has 33 nitrogen and oxygen atoms in total. The largest absolute Gasteiger partial charge is 0.391 e. The van der Waals surface area contributed by atoms with Gasteiger partial charge in [0.2, 0.25) is 82.7 Å². The van der Waals surface area contributed by atoms with Crippen LogP contribution in [0.5, 0.6) is 0 Å². The van der Waals surface area contributed by atoms with Crippen molar-refractivity contribution in [1.82, 2.24) is 63.0 Å². The monoisotopic (exact) mass is 1390 g/mol. The summed E-state index contributed by atoms with van der Waals surface area (Å²) < 4.78 is 0. The average Bonchev–Trinajstić information content (AvgIpc) is 1.70. The Morgan fingerprint density at radius 3 is 1.52 bits per heavy atom. The molecular weight excluding hydrogens is 1280 g/mol. The second kappa shape index (κ2) is 41.1. The molecule has 2 aliphatic heterocycles. The van der Waals surface area contributed by atoms with Gasteiger partial charge >= 0.3 is 0 Å². The molecule has 33 heteroatoms. The number of hydrogen-bond acceptors (Lipinski definition) is 19. The molecule has 2 fully saturated rings. The Morgan fingerprint density at radius 2 is 1.01 bits per heavy atom. The standard InChI is InChI=1S/C65H114N14O19/c1-16-18-19-20-21-23-38-29-43(83)72-44(31(5)6)58(91)76-47(51(84)32(7)8)60(93)68-35(12)55(88)75-48(52(85)33(9)10)61(94)70-39(25-26-42(66)82)64(97)78(15)50(34(11)17-2)63(96)77-49(53(86)54(67)87)62(95)74-46(37(14)81)65(98)79-27-22-24-41(79)57(90)71-40(28-30(3)4)56(89)73-45(36(13)80)59(92)69-38/h30-41,44-53,80-81,84-86H,16-29H2,1-15H3,(H2,66,82)(H2,67,87)(H,68,93)(H,69,92)(H,70,94)(H,71,90)(H,72,83)(H,73,89)(H,74,95)(H,75,88)(H,76,91)(H,77,96)/t34-,35-,36+,37+,38+,39-,40-,41-,44-,45-,46-,47-,48-,49-,50-,51?,52?,53?/m0/s1. The second-order valence-electron chi connectivity index (χ2n) is 27.6. The lowest BCUT2D eigenvalue weighted by atomic mass is 9.94. The van der Waals surface area contributed by atoms with Crippen LogP contribution in [0, 0.1) is 29.6 Å². The van der Waals surface area contributed by atoms with Crippen molar-refractivity contribution in [3.05, 3.63) is 0 Å². The molecule has 558 valence electrons. The van der Waals surface area contributed by atoms with Crippen LogP contribution in [-0.4, -0.2) is 235 Å². The van der Waals surface area contributed by atoms with E-state index in [1.165, 1.54) is 48.5 Å². The molecule has 0 aliphatic carbocycles. The first-order valence-corrected chi connectivity index (χ1v) is 34.2. The molecule has 2 rings (SSSR count). The summed E-state index contributed by atoms with van der Waals surface area (Å²) in [5.74, 6) is -18.6. The Kier molecular flexibility index (Phi) is 36.2. The van der Waals surface area contributed by atoms with Crippen molar-refractivity contribution in [2.75, 3.05) is 13.6 Å². The highest BCUT2D eigenvalue weighted by Crippen LogP contribution is 2.23. The topological polar surface area (TPSA) is 519 Å². The fraction of sp³-hybridized carbons (Fsp3) is 0.785. The maximum atomic E-state index is 14.8. The van der Waals surface area contributed by atoms with E-state index < -0.39 is 229 Å². The number of carbonyl (C=O) groups is 14. The molecule has 3 unspecified atom stereocenters. The van der Waals surface area contributed by atoms with E-state index in [1.807, 2.05) is 6.92 Å². The number of amides is 14. The van der Waals surface area contributed by atoms with Gasteiger partial charge in [0.25, 0.3) is 0 Å². The van der Waals surface area contributed by atoms with E-state index in [0.29, 0.717) is 12.8 Å². The number of fused-ring (bicyclic) bond motifs is 1. The van der Waals surface area contributed by atoms with E-state index in [-0.39, 0.29) is 44.6 Å². The van der Waals surface area contributed by atoms with E-state index in [9.17, 15) is 92.7 Å². The van der Waals surface area contributed by atoms with Crippen LogP contribution in [0.15, 0.2) is 0 Å². The van der Waals surface area contributed by atoms with Crippen LogP contribution in [0.4, 0.5) is 0 Å². The molecule has 0 saturated carbocycles. The van der Waals surface area contributed by atoms with Crippen molar-refractivity contribution in [2.45, 2.75) is 283 Å². The molecule has 0 radical (unpaired) electrons. The lowest BCUT2D eigenvalue weighted by molar-refractivity contribution is -0.148. The van der Waals surface area contributed by atoms with Crippen molar-refractivity contribution in [3.8, 4) is 0 Å². The van der Waals surface area contributed by atoms with Crippen LogP contribution >= 0.6 is 0 Å². The molecule has 2 saturated heterocycles. The third-order valence-corrected chi connectivity index (χ3v) is 17.6. The zero-order valence-electron chi connectivity index (χ0n) is 59.6. The molecule has 2 heterocycles. The van der Waals surface area contributed by atoms with Gasteiger partial charge < -0.3 is 100.0 Å². The maximum Gasteiger partial charge on any atom is 0.248 e. The molecule has 0 aromatic heterocycles. The number of nitrogens with zero attached hydrogens (tertiary/aromatic N) is 2. The molecule has 14 amide bonds. The number of nitrogens with one attached hydrogen (secondary N) is 10. The first-order valence-electron chi connectivity index (χ1n) is 34.2. The Labute approximate surface area is 574 Å². The minimum absolute atomic E-state index is 0.00655. The lowest BCUT2D eigenvalue weighted by Gasteiger charge is -2.36. The van der Waals surface area contributed by atoms with Crippen molar-refractivity contribution < 1.29 is 92.7 Å². The smallest absolute Gasteiger partial charge is 0.248 e. The van der Waals surface area contributed by atoms with Gasteiger partial charge in [0.05, 0.1) is 24.4 Å². The Hall–Kier alpha value is -7.62. The van der Waals surface area contributed by atoms with Crippen molar-refractivity contribution >= 4 is 82.7 Å². The van der Waals surface area contributed by atoms with Gasteiger partial charge in [0.15, 0.2) is 6.10 Å². The highest BCUT2D eigenvalue weighted by molar-refractivity contribution is 6.01. The number of likely N-dealkylation sites (N-methyl/N-ethyl adjacent to an activating group) is 1. The number of aliphatic hydroxyl groups is 5. The number of aliphatic hydroxyl groups excluding tert-OH is 5. The van der Waals surface area contributed by atoms with Crippen molar-refractivity contribution in [3.63, 3.8) is 0 Å². The molecule has 19 N–H and O–H groups in total. The van der Waals surface area contributed by atoms with Gasteiger partial charge in [-0.1, -0.05) is 115 Å². The van der Waals surface area contributed by atoms with Crippen LogP contribution in [0.3, 0.4) is 0 Å². The third kappa shape index (κ3) is 26.2. The number of primary amides is 2. The minimum Gasteiger partial charge on any atom is -0.391 e. The van der Waals surface area contributed by atoms with Gasteiger partial charge in [0.1, 0.15) is 66.5 Å².